The van der Waals surface area contributed by atoms with E-state index in [1.165, 1.54) is 0 Å². The Hall–Kier alpha value is -3.47. The molecule has 146 valence electrons. The predicted octanol–water partition coefficient (Wildman–Crippen LogP) is 4.95. The van der Waals surface area contributed by atoms with Crippen molar-refractivity contribution in [1.29, 1.82) is 0 Å². The van der Waals surface area contributed by atoms with Gasteiger partial charge in [0.25, 0.3) is 0 Å². The number of aromatic hydroxyl groups is 1. The van der Waals surface area contributed by atoms with E-state index in [1.54, 1.807) is 13.2 Å². The second kappa shape index (κ2) is 6.85. The third-order valence-electron chi connectivity index (χ3n) is 5.55. The topological polar surface area (TPSA) is 54.3 Å². The van der Waals surface area contributed by atoms with Crippen molar-refractivity contribution >= 4 is 5.71 Å². The van der Waals surface area contributed by atoms with Crippen molar-refractivity contribution in [3.05, 3.63) is 89.0 Å². The number of hydrogen-bond acceptors (Lipinski definition) is 5. The van der Waals surface area contributed by atoms with Crippen LogP contribution in [0, 0.1) is 6.92 Å². The van der Waals surface area contributed by atoms with E-state index in [9.17, 15) is 5.11 Å². The van der Waals surface area contributed by atoms with Crippen molar-refractivity contribution in [2.24, 2.45) is 5.10 Å². The Morgan fingerprint density at radius 3 is 2.69 bits per heavy atom. The predicted molar refractivity (Wildman–Crippen MR) is 111 cm³/mol. The van der Waals surface area contributed by atoms with Gasteiger partial charge in [-0.1, -0.05) is 54.1 Å². The van der Waals surface area contributed by atoms with Gasteiger partial charge in [0, 0.05) is 23.1 Å². The van der Waals surface area contributed by atoms with E-state index >= 15 is 0 Å². The number of ether oxygens (including phenoxy) is 2. The monoisotopic (exact) mass is 386 g/mol. The molecule has 0 amide bonds. The van der Waals surface area contributed by atoms with Crippen LogP contribution in [0.4, 0.5) is 0 Å². The van der Waals surface area contributed by atoms with Crippen molar-refractivity contribution in [1.82, 2.24) is 5.01 Å². The van der Waals surface area contributed by atoms with E-state index in [2.05, 4.69) is 6.07 Å². The summed E-state index contributed by atoms with van der Waals surface area (Å²) in [5, 5.41) is 17.4. The average Bonchev–Trinajstić information content (AvgIpc) is 3.20. The molecule has 0 fully saturated rings. The summed E-state index contributed by atoms with van der Waals surface area (Å²) in [5.41, 5.74) is 4.78. The minimum atomic E-state index is -0.366. The third-order valence-corrected chi connectivity index (χ3v) is 5.55. The number of hydrazone groups is 1. The quantitative estimate of drug-likeness (QED) is 0.692. The summed E-state index contributed by atoms with van der Waals surface area (Å²) in [5.74, 6) is 1.72. The van der Waals surface area contributed by atoms with Gasteiger partial charge in [-0.05, 0) is 25.1 Å². The van der Waals surface area contributed by atoms with Crippen molar-refractivity contribution in [2.75, 3.05) is 7.11 Å². The maximum Gasteiger partial charge on any atom is 0.214 e. The zero-order chi connectivity index (χ0) is 20.0. The van der Waals surface area contributed by atoms with Crippen molar-refractivity contribution in [2.45, 2.75) is 25.6 Å². The van der Waals surface area contributed by atoms with Crippen LogP contribution in [0.3, 0.4) is 0 Å². The fourth-order valence-corrected chi connectivity index (χ4v) is 4.13. The number of phenolic OH excluding ortho intramolecular Hbond substituents is 1. The van der Waals surface area contributed by atoms with Gasteiger partial charge in [0.2, 0.25) is 6.23 Å². The number of aryl methyl sites for hydroxylation is 1. The molecule has 0 saturated heterocycles. The lowest BCUT2D eigenvalue weighted by molar-refractivity contribution is -0.0209. The lowest BCUT2D eigenvalue weighted by atomic mass is 9.94. The average molecular weight is 386 g/mol. The molecule has 5 rings (SSSR count). The molecule has 5 heteroatoms. The molecule has 0 aromatic heterocycles. The molecule has 2 atom stereocenters. The largest absolute Gasteiger partial charge is 0.507 e. The Kier molecular flexibility index (Phi) is 4.16. The van der Waals surface area contributed by atoms with Gasteiger partial charge in [0.15, 0.2) is 11.5 Å². The third kappa shape index (κ3) is 2.90. The number of fused-ring (bicyclic) bond motifs is 3. The maximum absolute atomic E-state index is 10.4. The first-order valence-electron chi connectivity index (χ1n) is 9.70. The van der Waals surface area contributed by atoms with E-state index in [1.807, 2.05) is 66.5 Å². The van der Waals surface area contributed by atoms with Crippen LogP contribution >= 0.6 is 0 Å². The number of hydrogen-bond donors (Lipinski definition) is 1. The number of rotatable bonds is 3. The van der Waals surface area contributed by atoms with E-state index in [4.69, 9.17) is 14.6 Å². The lowest BCUT2D eigenvalue weighted by Gasteiger charge is -2.38. The number of para-hydroxylation sites is 1. The molecule has 2 aliphatic rings. The van der Waals surface area contributed by atoms with Crippen molar-refractivity contribution < 1.29 is 14.6 Å². The van der Waals surface area contributed by atoms with E-state index in [0.717, 1.165) is 39.5 Å². The van der Waals surface area contributed by atoms with Gasteiger partial charge < -0.3 is 14.6 Å². The number of phenols is 1. The second-order valence-corrected chi connectivity index (χ2v) is 7.43. The molecule has 0 bridgehead atoms. The highest BCUT2D eigenvalue weighted by Gasteiger charge is 2.42. The molecule has 3 aromatic carbocycles. The number of nitrogens with zero attached hydrogens (tertiary/aromatic N) is 2. The SMILES string of the molecule is COc1cccc2c1O[C@H](c1ccccc1)N1N=C(c3cc(C)ccc3O)C[C@@H]21. The van der Waals surface area contributed by atoms with Gasteiger partial charge >= 0.3 is 0 Å². The smallest absolute Gasteiger partial charge is 0.214 e. The fraction of sp³-hybridized carbons (Fsp3) is 0.208. The summed E-state index contributed by atoms with van der Waals surface area (Å²) < 4.78 is 12.0. The van der Waals surface area contributed by atoms with Gasteiger partial charge in [-0.15, -0.1) is 0 Å². The highest BCUT2D eigenvalue weighted by atomic mass is 16.5. The molecular weight excluding hydrogens is 364 g/mol. The van der Waals surface area contributed by atoms with Crippen molar-refractivity contribution in [3.8, 4) is 17.2 Å². The lowest BCUT2D eigenvalue weighted by Crippen LogP contribution is -2.33. The maximum atomic E-state index is 10.4. The first-order valence-corrected chi connectivity index (χ1v) is 9.70. The van der Waals surface area contributed by atoms with Crippen LogP contribution in [0.2, 0.25) is 0 Å². The summed E-state index contributed by atoms with van der Waals surface area (Å²) in [6.45, 7) is 2.02. The van der Waals surface area contributed by atoms with Gasteiger partial charge in [-0.25, -0.2) is 5.01 Å². The Morgan fingerprint density at radius 1 is 1.07 bits per heavy atom. The normalized spacial score (nSPS) is 19.8. The van der Waals surface area contributed by atoms with Crippen molar-refractivity contribution in [3.63, 3.8) is 0 Å². The molecule has 0 spiro atoms. The Balaban J connectivity index is 1.64. The molecular formula is C24H22N2O3. The van der Waals surface area contributed by atoms with Gasteiger partial charge in [0.1, 0.15) is 5.75 Å². The zero-order valence-corrected chi connectivity index (χ0v) is 16.4. The van der Waals surface area contributed by atoms with Crippen LogP contribution in [0.15, 0.2) is 71.8 Å². The summed E-state index contributed by atoms with van der Waals surface area (Å²) in [4.78, 5) is 0. The second-order valence-electron chi connectivity index (χ2n) is 7.43. The Morgan fingerprint density at radius 2 is 1.90 bits per heavy atom. The minimum absolute atomic E-state index is 0.00830. The van der Waals surface area contributed by atoms with E-state index < -0.39 is 0 Å². The van der Waals surface area contributed by atoms with Crippen LogP contribution in [0.1, 0.15) is 40.9 Å². The van der Waals surface area contributed by atoms with Crippen LogP contribution < -0.4 is 9.47 Å². The van der Waals surface area contributed by atoms with Gasteiger partial charge in [-0.3, -0.25) is 0 Å². The van der Waals surface area contributed by atoms with Crippen LogP contribution in [0.25, 0.3) is 0 Å². The molecule has 2 heterocycles. The highest BCUT2D eigenvalue weighted by Crippen LogP contribution is 2.50. The fourth-order valence-electron chi connectivity index (χ4n) is 4.13. The minimum Gasteiger partial charge on any atom is -0.507 e. The van der Waals surface area contributed by atoms with E-state index in [-0.39, 0.29) is 18.0 Å². The molecule has 29 heavy (non-hydrogen) atoms. The first-order chi connectivity index (χ1) is 14.2. The van der Waals surface area contributed by atoms with Crippen LogP contribution in [-0.2, 0) is 0 Å². The molecule has 0 aliphatic carbocycles. The summed E-state index contributed by atoms with van der Waals surface area (Å²) in [6, 6.07) is 21.6. The van der Waals surface area contributed by atoms with Crippen LogP contribution in [-0.4, -0.2) is 22.9 Å². The molecule has 0 saturated carbocycles. The summed E-state index contributed by atoms with van der Waals surface area (Å²) in [7, 11) is 1.66. The molecule has 0 unspecified atom stereocenters. The zero-order valence-electron chi connectivity index (χ0n) is 16.4. The first kappa shape index (κ1) is 17.6. The molecule has 2 aliphatic heterocycles. The van der Waals surface area contributed by atoms with Crippen LogP contribution in [0.5, 0.6) is 17.2 Å². The molecule has 5 nitrogen and oxygen atoms in total. The Bertz CT molecular complexity index is 1090. The molecule has 0 radical (unpaired) electrons. The van der Waals surface area contributed by atoms with Gasteiger partial charge in [-0.2, -0.15) is 5.10 Å². The highest BCUT2D eigenvalue weighted by molar-refractivity contribution is 6.04. The number of benzene rings is 3. The summed E-state index contributed by atoms with van der Waals surface area (Å²) >= 11 is 0. The van der Waals surface area contributed by atoms with E-state index in [0.29, 0.717) is 6.42 Å². The standard InChI is InChI=1S/C24H22N2O3/c1-15-11-12-21(27)18(13-15)19-14-20-17-9-6-10-22(28-2)23(17)29-24(26(20)25-19)16-7-4-3-5-8-16/h3-13,20,24,27H,14H2,1-2H3/t20-,24+/m0/s1. The Labute approximate surface area is 169 Å². The summed E-state index contributed by atoms with van der Waals surface area (Å²) in [6.07, 6.45) is 0.318. The van der Waals surface area contributed by atoms with Gasteiger partial charge in [0.05, 0.1) is 18.9 Å². The number of methoxy groups -OCH3 is 1. The molecule has 1 N–H and O–H groups in total. The molecule has 3 aromatic rings.